The number of carbonyl (C=O) groups excluding carboxylic acids is 3. The van der Waals surface area contributed by atoms with E-state index >= 15 is 0 Å². The normalized spacial score (nSPS) is 11.2. The lowest BCUT2D eigenvalue weighted by atomic mass is 10.1. The zero-order valence-electron chi connectivity index (χ0n) is 23.4. The average Bonchev–Trinajstić information content (AvgIpc) is 3.42. The summed E-state index contributed by atoms with van der Waals surface area (Å²) in [5.41, 5.74) is 3.72. The Hall–Kier alpha value is -4.93. The molecular weight excluding hydrogens is 581 g/mol. The molecule has 0 aliphatic rings. The first-order chi connectivity index (χ1) is 20.9. The number of methoxy groups -OCH3 is 1. The molecule has 0 bridgehead atoms. The van der Waals surface area contributed by atoms with Crippen LogP contribution in [0.25, 0.3) is 16.3 Å². The number of anilines is 2. The number of carbonyl (C=O) groups is 3. The second-order valence-corrected chi connectivity index (χ2v) is 11.5. The third-order valence-corrected chi connectivity index (χ3v) is 8.15. The molecule has 3 amide bonds. The van der Waals surface area contributed by atoms with Crippen LogP contribution in [-0.2, 0) is 9.59 Å². The van der Waals surface area contributed by atoms with Crippen LogP contribution < -0.4 is 20.7 Å². The first-order valence-electron chi connectivity index (χ1n) is 13.3. The zero-order valence-corrected chi connectivity index (χ0v) is 25.1. The highest BCUT2D eigenvalue weighted by atomic mass is 32.2. The smallest absolute Gasteiger partial charge is 0.272 e. The van der Waals surface area contributed by atoms with Crippen LogP contribution in [0.5, 0.6) is 5.75 Å². The van der Waals surface area contributed by atoms with Crippen LogP contribution >= 0.6 is 23.1 Å². The molecule has 4 aromatic carbocycles. The highest BCUT2D eigenvalue weighted by Gasteiger charge is 2.15. The second kappa shape index (κ2) is 13.8. The number of thiazole rings is 1. The van der Waals surface area contributed by atoms with E-state index in [1.165, 1.54) is 23.1 Å². The Morgan fingerprint density at radius 3 is 2.44 bits per heavy atom. The van der Waals surface area contributed by atoms with Gasteiger partial charge in [-0.2, -0.15) is 0 Å². The Labute approximate surface area is 257 Å². The van der Waals surface area contributed by atoms with Gasteiger partial charge in [-0.15, -0.1) is 11.8 Å². The van der Waals surface area contributed by atoms with Crippen LogP contribution in [0.4, 0.5) is 10.8 Å². The Morgan fingerprint density at radius 1 is 0.907 bits per heavy atom. The van der Waals surface area contributed by atoms with E-state index in [4.69, 9.17) is 4.74 Å². The highest BCUT2D eigenvalue weighted by molar-refractivity contribution is 8.00. The number of thioether (sulfide) groups is 1. The Bertz CT molecular complexity index is 1800. The molecule has 0 unspecified atom stereocenters. The van der Waals surface area contributed by atoms with Gasteiger partial charge in [0.25, 0.3) is 11.8 Å². The summed E-state index contributed by atoms with van der Waals surface area (Å²) < 4.78 is 6.17. The van der Waals surface area contributed by atoms with Gasteiger partial charge in [0.05, 0.1) is 23.1 Å². The summed E-state index contributed by atoms with van der Waals surface area (Å²) in [5, 5.41) is 8.98. The van der Waals surface area contributed by atoms with Crippen molar-refractivity contribution in [1.82, 2.24) is 10.3 Å². The second-order valence-electron chi connectivity index (χ2n) is 9.46. The molecule has 5 aromatic rings. The predicted octanol–water partition coefficient (Wildman–Crippen LogP) is 6.75. The lowest BCUT2D eigenvalue weighted by Crippen LogP contribution is -2.30. The van der Waals surface area contributed by atoms with Crippen LogP contribution in [0.2, 0.25) is 0 Å². The molecular formula is C33H28N4O4S2. The quantitative estimate of drug-likeness (QED) is 0.120. The number of hydrogen-bond acceptors (Lipinski definition) is 7. The third kappa shape index (κ3) is 8.09. The van der Waals surface area contributed by atoms with E-state index in [1.807, 2.05) is 67.6 Å². The summed E-state index contributed by atoms with van der Waals surface area (Å²) in [6.07, 6.45) is 1.65. The number of amides is 3. The number of aromatic nitrogens is 1. The van der Waals surface area contributed by atoms with Gasteiger partial charge in [0.2, 0.25) is 5.91 Å². The molecule has 0 radical (unpaired) electrons. The van der Waals surface area contributed by atoms with Crippen molar-refractivity contribution in [2.45, 2.75) is 11.8 Å². The molecule has 0 saturated carbocycles. The van der Waals surface area contributed by atoms with Crippen molar-refractivity contribution in [3.8, 4) is 5.75 Å². The van der Waals surface area contributed by atoms with E-state index in [9.17, 15) is 14.4 Å². The number of nitrogens with zero attached hydrogens (tertiary/aromatic N) is 1. The number of benzene rings is 4. The first-order valence-corrected chi connectivity index (χ1v) is 15.1. The summed E-state index contributed by atoms with van der Waals surface area (Å²) in [7, 11) is 1.61. The number of fused-ring (bicyclic) bond motifs is 1. The van der Waals surface area contributed by atoms with Crippen molar-refractivity contribution in [3.05, 3.63) is 119 Å². The molecule has 1 aromatic heterocycles. The van der Waals surface area contributed by atoms with Crippen molar-refractivity contribution < 1.29 is 19.1 Å². The van der Waals surface area contributed by atoms with Gasteiger partial charge in [0.1, 0.15) is 11.4 Å². The van der Waals surface area contributed by atoms with Gasteiger partial charge >= 0.3 is 0 Å². The van der Waals surface area contributed by atoms with Gasteiger partial charge in [-0.25, -0.2) is 4.98 Å². The summed E-state index contributed by atoms with van der Waals surface area (Å²) in [6.45, 7) is 1.96. The molecule has 5 rings (SSSR count). The van der Waals surface area contributed by atoms with Crippen molar-refractivity contribution in [3.63, 3.8) is 0 Å². The van der Waals surface area contributed by atoms with E-state index in [-0.39, 0.29) is 23.3 Å². The maximum absolute atomic E-state index is 13.3. The molecule has 0 aliphatic carbocycles. The summed E-state index contributed by atoms with van der Waals surface area (Å²) in [5.74, 6) is -0.0859. The van der Waals surface area contributed by atoms with Crippen molar-refractivity contribution in [1.29, 1.82) is 0 Å². The predicted molar refractivity (Wildman–Crippen MR) is 174 cm³/mol. The maximum Gasteiger partial charge on any atom is 0.272 e. The van der Waals surface area contributed by atoms with Gasteiger partial charge in [-0.1, -0.05) is 59.4 Å². The van der Waals surface area contributed by atoms with Gasteiger partial charge in [0, 0.05) is 16.1 Å². The minimum Gasteiger partial charge on any atom is -0.497 e. The Kier molecular flexibility index (Phi) is 9.50. The van der Waals surface area contributed by atoms with Crippen LogP contribution in [-0.4, -0.2) is 35.6 Å². The van der Waals surface area contributed by atoms with Crippen molar-refractivity contribution in [2.24, 2.45) is 0 Å². The fraction of sp³-hybridized carbons (Fsp3) is 0.0909. The van der Waals surface area contributed by atoms with Gasteiger partial charge in [-0.05, 0) is 73.2 Å². The monoisotopic (exact) mass is 608 g/mol. The van der Waals surface area contributed by atoms with Gasteiger partial charge in [0.15, 0.2) is 5.13 Å². The highest BCUT2D eigenvalue weighted by Crippen LogP contribution is 2.29. The lowest BCUT2D eigenvalue weighted by Gasteiger charge is -2.12. The van der Waals surface area contributed by atoms with Crippen molar-refractivity contribution in [2.75, 3.05) is 23.5 Å². The number of rotatable bonds is 10. The molecule has 3 N–H and O–H groups in total. The molecule has 0 spiro atoms. The maximum atomic E-state index is 13.3. The van der Waals surface area contributed by atoms with Crippen LogP contribution in [0, 0.1) is 6.92 Å². The summed E-state index contributed by atoms with van der Waals surface area (Å²) >= 11 is 2.75. The SMILES string of the molecule is COc1ccc2nc(NC(=O)CSc3ccc(NC(=O)/C(=C/c4cccc(C)c4)NC(=O)c4ccccc4)cc3)sc2c1. The fourth-order valence-corrected chi connectivity index (χ4v) is 5.70. The largest absolute Gasteiger partial charge is 0.497 e. The molecule has 0 fully saturated rings. The number of aryl methyl sites for hydroxylation is 1. The number of hydrogen-bond donors (Lipinski definition) is 3. The lowest BCUT2D eigenvalue weighted by molar-refractivity contribution is -0.114. The average molecular weight is 609 g/mol. The third-order valence-electron chi connectivity index (χ3n) is 6.21. The van der Waals surface area contributed by atoms with Gasteiger partial charge in [-0.3, -0.25) is 14.4 Å². The topological polar surface area (TPSA) is 109 Å². The van der Waals surface area contributed by atoms with E-state index < -0.39 is 5.91 Å². The zero-order chi connectivity index (χ0) is 30.2. The standard InChI is InChI=1S/C33H28N4O4S2/c1-21-7-6-8-22(17-21)18-28(35-31(39)23-9-4-3-5-10-23)32(40)34-24-11-14-26(15-12-24)42-20-30(38)37-33-36-27-16-13-25(41-2)19-29(27)43-33/h3-19H,20H2,1-2H3,(H,34,40)(H,35,39)(H,36,37,38)/b28-18-. The minimum absolute atomic E-state index is 0.114. The molecule has 216 valence electrons. The number of nitrogens with one attached hydrogen (secondary N) is 3. The van der Waals surface area contributed by atoms with Crippen molar-refractivity contribution >= 4 is 67.9 Å². The Balaban J connectivity index is 1.20. The summed E-state index contributed by atoms with van der Waals surface area (Å²) in [6, 6.07) is 29.1. The molecule has 0 saturated heterocycles. The minimum atomic E-state index is -0.459. The number of ether oxygens (including phenoxy) is 1. The van der Waals surface area contributed by atoms with Gasteiger partial charge < -0.3 is 20.7 Å². The van der Waals surface area contributed by atoms with E-state index in [2.05, 4.69) is 20.9 Å². The summed E-state index contributed by atoms with van der Waals surface area (Å²) in [4.78, 5) is 44.0. The van der Waals surface area contributed by atoms with E-state index in [0.29, 0.717) is 16.4 Å². The van der Waals surface area contributed by atoms with Crippen LogP contribution in [0.3, 0.4) is 0 Å². The molecule has 43 heavy (non-hydrogen) atoms. The first kappa shape index (κ1) is 29.6. The molecule has 1 heterocycles. The molecule has 0 atom stereocenters. The molecule has 8 nitrogen and oxygen atoms in total. The molecule has 10 heteroatoms. The van der Waals surface area contributed by atoms with Crippen LogP contribution in [0.15, 0.2) is 108 Å². The molecule has 0 aliphatic heterocycles. The van der Waals surface area contributed by atoms with Crippen LogP contribution in [0.1, 0.15) is 21.5 Å². The fourth-order valence-electron chi connectivity index (χ4n) is 4.09. The van der Waals surface area contributed by atoms with E-state index in [0.717, 1.165) is 32.0 Å². The Morgan fingerprint density at radius 2 is 1.70 bits per heavy atom. The van der Waals surface area contributed by atoms with E-state index in [1.54, 1.807) is 49.6 Å².